The molecule has 0 bridgehead atoms. The quantitative estimate of drug-likeness (QED) is 0.865. The van der Waals surface area contributed by atoms with Crippen molar-refractivity contribution in [2.75, 3.05) is 0 Å². The van der Waals surface area contributed by atoms with Crippen molar-refractivity contribution < 1.29 is 4.74 Å². The molecule has 5 heteroatoms. The molecule has 17 heavy (non-hydrogen) atoms. The van der Waals surface area contributed by atoms with Crippen LogP contribution in [0.1, 0.15) is 46.2 Å². The van der Waals surface area contributed by atoms with Gasteiger partial charge in [-0.05, 0) is 40.5 Å². The van der Waals surface area contributed by atoms with Gasteiger partial charge in [-0.3, -0.25) is 0 Å². The van der Waals surface area contributed by atoms with E-state index < -0.39 is 5.54 Å². The minimum Gasteiger partial charge on any atom is -0.370 e. The van der Waals surface area contributed by atoms with Crippen molar-refractivity contribution in [1.29, 1.82) is 0 Å². The summed E-state index contributed by atoms with van der Waals surface area (Å²) in [6.07, 6.45) is 4.32. The lowest BCUT2D eigenvalue weighted by atomic mass is 10.0. The summed E-state index contributed by atoms with van der Waals surface area (Å²) in [6.45, 7) is 8.87. The van der Waals surface area contributed by atoms with Gasteiger partial charge in [-0.2, -0.15) is 0 Å². The van der Waals surface area contributed by atoms with Crippen LogP contribution in [0.5, 0.6) is 0 Å². The van der Waals surface area contributed by atoms with E-state index in [9.17, 15) is 0 Å². The summed E-state index contributed by atoms with van der Waals surface area (Å²) >= 11 is 0. The van der Waals surface area contributed by atoms with Crippen molar-refractivity contribution in [1.82, 2.24) is 15.0 Å². The van der Waals surface area contributed by atoms with Gasteiger partial charge in [0.1, 0.15) is 5.69 Å². The lowest BCUT2D eigenvalue weighted by Gasteiger charge is -2.19. The number of nitrogens with zero attached hydrogens (tertiary/aromatic N) is 3. The number of ether oxygens (including phenoxy) is 1. The van der Waals surface area contributed by atoms with Crippen LogP contribution in [-0.2, 0) is 16.8 Å². The maximum absolute atomic E-state index is 5.97. The summed E-state index contributed by atoms with van der Waals surface area (Å²) in [7, 11) is 0. The molecule has 5 nitrogen and oxygen atoms in total. The molecule has 1 saturated heterocycles. The SMILES string of the molecule is CC1(C)CCC(Cn2cc(C(C)(C)N)nn2)O1. The molecule has 96 valence electrons. The highest BCUT2D eigenvalue weighted by Crippen LogP contribution is 2.30. The zero-order chi connectivity index (χ0) is 12.7. The summed E-state index contributed by atoms with van der Waals surface area (Å²) in [5, 5.41) is 8.20. The van der Waals surface area contributed by atoms with Crippen molar-refractivity contribution in [3.8, 4) is 0 Å². The van der Waals surface area contributed by atoms with Gasteiger partial charge in [0.15, 0.2) is 0 Å². The summed E-state index contributed by atoms with van der Waals surface area (Å²) in [5.41, 5.74) is 6.35. The van der Waals surface area contributed by atoms with Crippen molar-refractivity contribution in [3.05, 3.63) is 11.9 Å². The van der Waals surface area contributed by atoms with E-state index >= 15 is 0 Å². The van der Waals surface area contributed by atoms with E-state index in [1.807, 2.05) is 24.7 Å². The Bertz CT molecular complexity index is 391. The molecule has 0 aromatic carbocycles. The molecule has 2 rings (SSSR count). The Morgan fingerprint density at radius 2 is 2.29 bits per heavy atom. The van der Waals surface area contributed by atoms with Crippen molar-refractivity contribution in [2.45, 2.75) is 64.3 Å². The molecular formula is C12H22N4O. The molecule has 1 aliphatic heterocycles. The lowest BCUT2D eigenvalue weighted by molar-refractivity contribution is -0.0231. The van der Waals surface area contributed by atoms with Gasteiger partial charge < -0.3 is 10.5 Å². The summed E-state index contributed by atoms with van der Waals surface area (Å²) in [5.74, 6) is 0. The van der Waals surface area contributed by atoms with E-state index in [1.54, 1.807) is 0 Å². The maximum atomic E-state index is 5.97. The van der Waals surface area contributed by atoms with Gasteiger partial charge in [0.25, 0.3) is 0 Å². The molecule has 1 fully saturated rings. The lowest BCUT2D eigenvalue weighted by Crippen LogP contribution is -2.29. The molecule has 0 spiro atoms. The van der Waals surface area contributed by atoms with Crippen LogP contribution in [0.2, 0.25) is 0 Å². The van der Waals surface area contributed by atoms with Crippen molar-refractivity contribution in [3.63, 3.8) is 0 Å². The number of hydrogen-bond donors (Lipinski definition) is 1. The number of aromatic nitrogens is 3. The van der Waals surface area contributed by atoms with Crippen LogP contribution < -0.4 is 5.73 Å². The van der Waals surface area contributed by atoms with Gasteiger partial charge in [-0.15, -0.1) is 5.10 Å². The Labute approximate surface area is 102 Å². The molecule has 2 N–H and O–H groups in total. The highest BCUT2D eigenvalue weighted by Gasteiger charge is 2.32. The molecule has 0 aliphatic carbocycles. The zero-order valence-electron chi connectivity index (χ0n) is 11.1. The zero-order valence-corrected chi connectivity index (χ0v) is 11.1. The van der Waals surface area contributed by atoms with Crippen LogP contribution in [0.3, 0.4) is 0 Å². The van der Waals surface area contributed by atoms with Crippen LogP contribution in [0.15, 0.2) is 6.20 Å². The van der Waals surface area contributed by atoms with Gasteiger partial charge in [-0.25, -0.2) is 4.68 Å². The fourth-order valence-corrected chi connectivity index (χ4v) is 2.10. The molecule has 0 saturated carbocycles. The van der Waals surface area contributed by atoms with E-state index in [1.165, 1.54) is 0 Å². The van der Waals surface area contributed by atoms with E-state index in [4.69, 9.17) is 10.5 Å². The first-order valence-electron chi connectivity index (χ1n) is 6.14. The van der Waals surface area contributed by atoms with E-state index in [0.29, 0.717) is 0 Å². The monoisotopic (exact) mass is 238 g/mol. The number of hydrogen-bond acceptors (Lipinski definition) is 4. The predicted octanol–water partition coefficient (Wildman–Crippen LogP) is 1.43. The second kappa shape index (κ2) is 4.07. The summed E-state index contributed by atoms with van der Waals surface area (Å²) in [6, 6.07) is 0. The van der Waals surface area contributed by atoms with E-state index in [2.05, 4.69) is 24.2 Å². The molecule has 1 atom stereocenters. The Morgan fingerprint density at radius 3 is 2.76 bits per heavy atom. The van der Waals surface area contributed by atoms with Crippen molar-refractivity contribution >= 4 is 0 Å². The maximum Gasteiger partial charge on any atom is 0.102 e. The molecule has 0 amide bonds. The highest BCUT2D eigenvalue weighted by molar-refractivity contribution is 5.05. The molecule has 2 heterocycles. The third-order valence-electron chi connectivity index (χ3n) is 3.14. The largest absolute Gasteiger partial charge is 0.370 e. The first kappa shape index (κ1) is 12.5. The first-order valence-corrected chi connectivity index (χ1v) is 6.14. The average molecular weight is 238 g/mol. The standard InChI is InChI=1S/C12H22N4O/c1-11(2)6-5-9(17-11)7-16-8-10(14-15-16)12(3,4)13/h8-9H,5-7,13H2,1-4H3. The predicted molar refractivity (Wildman–Crippen MR) is 65.4 cm³/mol. The third kappa shape index (κ3) is 3.04. The second-order valence-electron chi connectivity index (χ2n) is 6.09. The van der Waals surface area contributed by atoms with Crippen LogP contribution >= 0.6 is 0 Å². The smallest absolute Gasteiger partial charge is 0.102 e. The summed E-state index contributed by atoms with van der Waals surface area (Å²) < 4.78 is 7.76. The van der Waals surface area contributed by atoms with Gasteiger partial charge >= 0.3 is 0 Å². The Hall–Kier alpha value is -0.940. The van der Waals surface area contributed by atoms with Gasteiger partial charge in [-0.1, -0.05) is 5.21 Å². The number of rotatable bonds is 3. The third-order valence-corrected chi connectivity index (χ3v) is 3.14. The summed E-state index contributed by atoms with van der Waals surface area (Å²) in [4.78, 5) is 0. The highest BCUT2D eigenvalue weighted by atomic mass is 16.5. The molecule has 1 aromatic rings. The van der Waals surface area contributed by atoms with Crippen LogP contribution in [-0.4, -0.2) is 26.7 Å². The minimum absolute atomic E-state index is 0.00121. The molecule has 1 aliphatic rings. The molecule has 1 aromatic heterocycles. The first-order chi connectivity index (χ1) is 7.76. The average Bonchev–Trinajstić information content (AvgIpc) is 2.72. The fraction of sp³-hybridized carbons (Fsp3) is 0.833. The van der Waals surface area contributed by atoms with Crippen molar-refractivity contribution in [2.24, 2.45) is 5.73 Å². The topological polar surface area (TPSA) is 66.0 Å². The van der Waals surface area contributed by atoms with Crippen LogP contribution in [0.4, 0.5) is 0 Å². The molecule has 1 unspecified atom stereocenters. The van der Waals surface area contributed by atoms with Gasteiger partial charge in [0.2, 0.25) is 0 Å². The number of nitrogens with two attached hydrogens (primary N) is 1. The second-order valence-corrected chi connectivity index (χ2v) is 6.09. The van der Waals surface area contributed by atoms with E-state index in [0.717, 1.165) is 25.1 Å². The van der Waals surface area contributed by atoms with Gasteiger partial charge in [0.05, 0.1) is 30.0 Å². The van der Waals surface area contributed by atoms with Crippen LogP contribution in [0.25, 0.3) is 0 Å². The van der Waals surface area contributed by atoms with E-state index in [-0.39, 0.29) is 11.7 Å². The Morgan fingerprint density at radius 1 is 1.59 bits per heavy atom. The normalized spacial score (nSPS) is 24.2. The minimum atomic E-state index is -0.436. The molecule has 0 radical (unpaired) electrons. The van der Waals surface area contributed by atoms with Gasteiger partial charge in [0, 0.05) is 0 Å². The fourth-order valence-electron chi connectivity index (χ4n) is 2.10. The Balaban J connectivity index is 1.99. The Kier molecular flexibility index (Phi) is 2.99. The van der Waals surface area contributed by atoms with Crippen LogP contribution in [0, 0.1) is 0 Å². The molecular weight excluding hydrogens is 216 g/mol.